The number of nitrogens with zero attached hydrogens (tertiary/aromatic N) is 2. The van der Waals surface area contributed by atoms with Crippen molar-refractivity contribution in [2.75, 3.05) is 5.75 Å². The van der Waals surface area contributed by atoms with E-state index in [4.69, 9.17) is 0 Å². The first kappa shape index (κ1) is 15.9. The Morgan fingerprint density at radius 3 is 2.57 bits per heavy atom. The van der Waals surface area contributed by atoms with Gasteiger partial charge in [0.15, 0.2) is 4.34 Å². The van der Waals surface area contributed by atoms with E-state index in [2.05, 4.69) is 37.0 Å². The molecule has 2 N–H and O–H groups in total. The minimum absolute atomic E-state index is 0.162. The van der Waals surface area contributed by atoms with Gasteiger partial charge in [-0.15, -0.1) is 10.2 Å². The molecule has 0 aliphatic heterocycles. The van der Waals surface area contributed by atoms with Gasteiger partial charge in [0.25, 0.3) is 5.91 Å². The Bertz CT molecular complexity index is 645. The maximum absolute atomic E-state index is 11.8. The van der Waals surface area contributed by atoms with E-state index >= 15 is 0 Å². The van der Waals surface area contributed by atoms with E-state index in [1.807, 2.05) is 6.92 Å². The molecule has 110 valence electrons. The van der Waals surface area contributed by atoms with Gasteiger partial charge >= 0.3 is 0 Å². The minimum atomic E-state index is -0.368. The van der Waals surface area contributed by atoms with Gasteiger partial charge in [-0.25, -0.2) is 0 Å². The molecule has 0 saturated carbocycles. The molecule has 2 amide bonds. The van der Waals surface area contributed by atoms with Crippen LogP contribution in [-0.2, 0) is 4.79 Å². The monoisotopic (exact) mass is 386 g/mol. The van der Waals surface area contributed by atoms with E-state index in [1.165, 1.54) is 23.1 Å². The van der Waals surface area contributed by atoms with E-state index in [9.17, 15) is 9.59 Å². The molecule has 0 saturated heterocycles. The van der Waals surface area contributed by atoms with Gasteiger partial charge in [0.05, 0.1) is 5.75 Å². The van der Waals surface area contributed by atoms with Crippen molar-refractivity contribution in [1.82, 2.24) is 21.0 Å². The molecular formula is C12H11BrN4O2S2. The number of rotatable bonds is 4. The zero-order chi connectivity index (χ0) is 15.2. The van der Waals surface area contributed by atoms with Crippen molar-refractivity contribution < 1.29 is 9.59 Å². The smallest absolute Gasteiger partial charge is 0.269 e. The number of nitrogens with one attached hydrogen (secondary N) is 2. The van der Waals surface area contributed by atoms with Gasteiger partial charge < -0.3 is 0 Å². The predicted molar refractivity (Wildman–Crippen MR) is 85.1 cm³/mol. The molecule has 2 rings (SSSR count). The molecule has 0 aliphatic rings. The Balaban J connectivity index is 1.75. The summed E-state index contributed by atoms with van der Waals surface area (Å²) in [4.78, 5) is 23.4. The fourth-order valence-corrected chi connectivity index (χ4v) is 3.18. The lowest BCUT2D eigenvalue weighted by atomic mass is 10.2. The predicted octanol–water partition coefficient (Wildman–Crippen LogP) is 2.16. The second-order valence-electron chi connectivity index (χ2n) is 3.88. The summed E-state index contributed by atoms with van der Waals surface area (Å²) in [5, 5.41) is 8.60. The van der Waals surface area contributed by atoms with Crippen LogP contribution in [0.15, 0.2) is 33.1 Å². The topological polar surface area (TPSA) is 84.0 Å². The summed E-state index contributed by atoms with van der Waals surface area (Å²) in [6, 6.07) is 6.82. The zero-order valence-electron chi connectivity index (χ0n) is 10.9. The second-order valence-corrected chi connectivity index (χ2v) is 7.20. The molecule has 0 bridgehead atoms. The largest absolute Gasteiger partial charge is 0.272 e. The Morgan fingerprint density at radius 2 is 1.95 bits per heavy atom. The summed E-state index contributed by atoms with van der Waals surface area (Å²) in [5.41, 5.74) is 5.18. The Labute approximate surface area is 137 Å². The van der Waals surface area contributed by atoms with Gasteiger partial charge in [-0.3, -0.25) is 20.4 Å². The van der Waals surface area contributed by atoms with Crippen molar-refractivity contribution in [3.05, 3.63) is 39.3 Å². The van der Waals surface area contributed by atoms with Gasteiger partial charge in [0.1, 0.15) is 5.01 Å². The van der Waals surface area contributed by atoms with Gasteiger partial charge in [-0.1, -0.05) is 39.0 Å². The minimum Gasteiger partial charge on any atom is -0.272 e. The van der Waals surface area contributed by atoms with Crippen LogP contribution in [0.5, 0.6) is 0 Å². The molecular weight excluding hydrogens is 376 g/mol. The number of carbonyl (C=O) groups excluding carboxylic acids is 2. The summed E-state index contributed by atoms with van der Waals surface area (Å²) in [7, 11) is 0. The fourth-order valence-electron chi connectivity index (χ4n) is 1.30. The number of amides is 2. The summed E-state index contributed by atoms with van der Waals surface area (Å²) >= 11 is 5.98. The lowest BCUT2D eigenvalue weighted by Crippen LogP contribution is -2.42. The van der Waals surface area contributed by atoms with Crippen LogP contribution in [0.1, 0.15) is 15.4 Å². The van der Waals surface area contributed by atoms with Crippen LogP contribution in [0, 0.1) is 6.92 Å². The number of aryl methyl sites for hydroxylation is 1. The van der Waals surface area contributed by atoms with Gasteiger partial charge in [0.2, 0.25) is 5.91 Å². The number of benzene rings is 1. The van der Waals surface area contributed by atoms with Crippen LogP contribution in [0.2, 0.25) is 0 Å². The molecule has 0 unspecified atom stereocenters. The van der Waals surface area contributed by atoms with Crippen molar-refractivity contribution in [2.45, 2.75) is 11.3 Å². The molecule has 0 spiro atoms. The lowest BCUT2D eigenvalue weighted by Gasteiger charge is -2.06. The number of hydrogen-bond donors (Lipinski definition) is 2. The normalized spacial score (nSPS) is 10.2. The Morgan fingerprint density at radius 1 is 1.24 bits per heavy atom. The van der Waals surface area contributed by atoms with Crippen molar-refractivity contribution >= 4 is 50.8 Å². The summed E-state index contributed by atoms with van der Waals surface area (Å²) < 4.78 is 1.61. The van der Waals surface area contributed by atoms with Crippen LogP contribution >= 0.6 is 39.0 Å². The highest BCUT2D eigenvalue weighted by molar-refractivity contribution is 9.10. The number of hydrogen-bond acceptors (Lipinski definition) is 6. The van der Waals surface area contributed by atoms with Crippen molar-refractivity contribution in [3.63, 3.8) is 0 Å². The maximum atomic E-state index is 11.8. The van der Waals surface area contributed by atoms with Crippen molar-refractivity contribution in [2.24, 2.45) is 0 Å². The highest BCUT2D eigenvalue weighted by Crippen LogP contribution is 2.21. The van der Waals surface area contributed by atoms with Crippen LogP contribution < -0.4 is 10.9 Å². The Hall–Kier alpha value is -1.45. The van der Waals surface area contributed by atoms with Crippen molar-refractivity contribution in [3.8, 4) is 0 Å². The first-order valence-corrected chi connectivity index (χ1v) is 8.42. The number of carbonyl (C=O) groups is 2. The molecule has 1 aromatic carbocycles. The van der Waals surface area contributed by atoms with E-state index < -0.39 is 0 Å². The van der Waals surface area contributed by atoms with Crippen LogP contribution in [0.4, 0.5) is 0 Å². The van der Waals surface area contributed by atoms with E-state index in [0.717, 1.165) is 13.8 Å². The summed E-state index contributed by atoms with van der Waals surface area (Å²) in [5.74, 6) is -0.513. The maximum Gasteiger partial charge on any atom is 0.269 e. The van der Waals surface area contributed by atoms with Crippen molar-refractivity contribution in [1.29, 1.82) is 0 Å². The average Bonchev–Trinajstić information content (AvgIpc) is 2.89. The summed E-state index contributed by atoms with van der Waals surface area (Å²) in [6.45, 7) is 1.85. The van der Waals surface area contributed by atoms with Crippen LogP contribution in [0.25, 0.3) is 0 Å². The number of hydrazine groups is 1. The number of thioether (sulfide) groups is 1. The summed E-state index contributed by atoms with van der Waals surface area (Å²) in [6.07, 6.45) is 0. The van der Waals surface area contributed by atoms with Gasteiger partial charge in [-0.05, 0) is 31.2 Å². The molecule has 9 heteroatoms. The molecule has 1 aromatic heterocycles. The molecule has 1 heterocycles. The zero-order valence-corrected chi connectivity index (χ0v) is 14.1. The molecule has 0 aliphatic carbocycles. The third-order valence-corrected chi connectivity index (χ3v) is 4.76. The number of aromatic nitrogens is 2. The SMILES string of the molecule is Cc1nnc(SCC(=O)NNC(=O)c2ccc(Br)cc2)s1. The molecule has 0 fully saturated rings. The lowest BCUT2D eigenvalue weighted by molar-refractivity contribution is -0.119. The second kappa shape index (κ2) is 7.53. The molecule has 0 atom stereocenters. The third-order valence-electron chi connectivity index (χ3n) is 2.26. The third kappa shape index (κ3) is 5.10. The van der Waals surface area contributed by atoms with E-state index in [0.29, 0.717) is 5.56 Å². The van der Waals surface area contributed by atoms with Crippen LogP contribution in [0.3, 0.4) is 0 Å². The van der Waals surface area contributed by atoms with E-state index in [-0.39, 0.29) is 17.6 Å². The standard InChI is InChI=1S/C12H11BrN4O2S2/c1-7-14-17-12(21-7)20-6-10(18)15-16-11(19)8-2-4-9(13)5-3-8/h2-5H,6H2,1H3,(H,15,18)(H,16,19). The average molecular weight is 387 g/mol. The van der Waals surface area contributed by atoms with Gasteiger partial charge in [-0.2, -0.15) is 0 Å². The molecule has 21 heavy (non-hydrogen) atoms. The van der Waals surface area contributed by atoms with Gasteiger partial charge in [0, 0.05) is 10.0 Å². The van der Waals surface area contributed by atoms with E-state index in [1.54, 1.807) is 24.3 Å². The highest BCUT2D eigenvalue weighted by atomic mass is 79.9. The molecule has 6 nitrogen and oxygen atoms in total. The molecule has 0 radical (unpaired) electrons. The quantitative estimate of drug-likeness (QED) is 0.621. The highest BCUT2D eigenvalue weighted by Gasteiger charge is 2.09. The first-order valence-electron chi connectivity index (χ1n) is 5.82. The van der Waals surface area contributed by atoms with Crippen LogP contribution in [-0.4, -0.2) is 27.8 Å². The molecule has 2 aromatic rings. The fraction of sp³-hybridized carbons (Fsp3) is 0.167. The Kier molecular flexibility index (Phi) is 5.71. The first-order chi connectivity index (χ1) is 10.0. The number of halogens is 1.